The van der Waals surface area contributed by atoms with Crippen LogP contribution in [-0.2, 0) is 13.2 Å². The molecule has 0 aromatic carbocycles. The third-order valence-electron chi connectivity index (χ3n) is 4.61. The standard InChI is InChI=1S/C17H18F4N8O/c1-28-8-12(14(27-28)17(19,20)21)25-16(30)11-7-23-29-3-2-13(26-15(11)29)24-10-4-9(18)5-22-6-10/h2-3,7-10,22H,4-6H2,1H3,(H,24,26)(H,25,30)/t9-,10-/m1/s1. The molecule has 3 aromatic rings. The van der Waals surface area contributed by atoms with E-state index in [0.29, 0.717) is 25.3 Å². The van der Waals surface area contributed by atoms with Crippen LogP contribution in [-0.4, -0.2) is 55.6 Å². The summed E-state index contributed by atoms with van der Waals surface area (Å²) in [7, 11) is 1.32. The first-order valence-corrected chi connectivity index (χ1v) is 9.08. The molecule has 1 amide bonds. The topological polar surface area (TPSA) is 101 Å². The number of nitrogens with zero attached hydrogens (tertiary/aromatic N) is 5. The van der Waals surface area contributed by atoms with Crippen LogP contribution in [0.3, 0.4) is 0 Å². The molecule has 0 radical (unpaired) electrons. The molecule has 0 unspecified atom stereocenters. The number of aromatic nitrogens is 5. The third kappa shape index (κ3) is 4.06. The monoisotopic (exact) mass is 426 g/mol. The molecule has 13 heteroatoms. The molecule has 3 N–H and O–H groups in total. The Morgan fingerprint density at radius 3 is 2.87 bits per heavy atom. The lowest BCUT2D eigenvalue weighted by molar-refractivity contribution is -0.140. The van der Waals surface area contributed by atoms with Crippen LogP contribution in [0.2, 0.25) is 0 Å². The van der Waals surface area contributed by atoms with Gasteiger partial charge in [-0.25, -0.2) is 13.9 Å². The molecule has 0 aliphatic carbocycles. The van der Waals surface area contributed by atoms with E-state index in [1.54, 1.807) is 12.3 Å². The SMILES string of the molecule is Cn1cc(NC(=O)c2cnn3ccc(N[C@H]4CNC[C@H](F)C4)nc23)c(C(F)(F)F)n1. The van der Waals surface area contributed by atoms with E-state index in [-0.39, 0.29) is 17.3 Å². The Hall–Kier alpha value is -3.22. The number of piperidine rings is 1. The minimum atomic E-state index is -4.72. The van der Waals surface area contributed by atoms with E-state index in [9.17, 15) is 22.4 Å². The lowest BCUT2D eigenvalue weighted by atomic mass is 10.1. The maximum Gasteiger partial charge on any atom is 0.437 e. The summed E-state index contributed by atoms with van der Waals surface area (Å²) < 4.78 is 55.2. The quantitative estimate of drug-likeness (QED) is 0.551. The van der Waals surface area contributed by atoms with E-state index in [0.717, 1.165) is 10.9 Å². The lowest BCUT2D eigenvalue weighted by Crippen LogP contribution is -2.44. The van der Waals surface area contributed by atoms with E-state index >= 15 is 0 Å². The van der Waals surface area contributed by atoms with Gasteiger partial charge in [-0.2, -0.15) is 23.4 Å². The van der Waals surface area contributed by atoms with Crippen molar-refractivity contribution in [2.75, 3.05) is 23.7 Å². The van der Waals surface area contributed by atoms with Gasteiger partial charge >= 0.3 is 6.18 Å². The number of hydrogen-bond acceptors (Lipinski definition) is 6. The highest BCUT2D eigenvalue weighted by atomic mass is 19.4. The van der Waals surface area contributed by atoms with Crippen molar-refractivity contribution >= 4 is 23.1 Å². The fourth-order valence-electron chi connectivity index (χ4n) is 3.30. The Kier molecular flexibility index (Phi) is 5.05. The van der Waals surface area contributed by atoms with Gasteiger partial charge in [0.25, 0.3) is 5.91 Å². The Bertz CT molecular complexity index is 1080. The second-order valence-corrected chi connectivity index (χ2v) is 6.99. The predicted octanol–water partition coefficient (Wildman–Crippen LogP) is 1.85. The molecule has 0 spiro atoms. The minimum Gasteiger partial charge on any atom is -0.366 e. The third-order valence-corrected chi connectivity index (χ3v) is 4.61. The smallest absolute Gasteiger partial charge is 0.366 e. The van der Waals surface area contributed by atoms with Gasteiger partial charge in [-0.1, -0.05) is 0 Å². The summed E-state index contributed by atoms with van der Waals surface area (Å²) >= 11 is 0. The molecule has 160 valence electrons. The number of nitrogens with one attached hydrogen (secondary N) is 3. The van der Waals surface area contributed by atoms with Crippen molar-refractivity contribution in [3.05, 3.63) is 35.9 Å². The number of amides is 1. The van der Waals surface area contributed by atoms with Crippen LogP contribution in [0.5, 0.6) is 0 Å². The summed E-state index contributed by atoms with van der Waals surface area (Å²) in [5.41, 5.74) is -1.53. The summed E-state index contributed by atoms with van der Waals surface area (Å²) in [5, 5.41) is 15.6. The number of fused-ring (bicyclic) bond motifs is 1. The summed E-state index contributed by atoms with van der Waals surface area (Å²) in [4.78, 5) is 17.0. The van der Waals surface area contributed by atoms with Crippen molar-refractivity contribution in [2.24, 2.45) is 7.05 Å². The van der Waals surface area contributed by atoms with Crippen LogP contribution in [0.15, 0.2) is 24.7 Å². The number of hydrogen-bond donors (Lipinski definition) is 3. The number of anilines is 2. The maximum atomic E-state index is 13.6. The van der Waals surface area contributed by atoms with Gasteiger partial charge in [-0.15, -0.1) is 0 Å². The molecule has 30 heavy (non-hydrogen) atoms. The second kappa shape index (κ2) is 7.55. The number of carbonyl (C=O) groups is 1. The summed E-state index contributed by atoms with van der Waals surface area (Å²) in [5.74, 6) is -0.411. The Morgan fingerprint density at radius 2 is 2.13 bits per heavy atom. The maximum absolute atomic E-state index is 13.6. The summed E-state index contributed by atoms with van der Waals surface area (Å²) in [6, 6.07) is 1.43. The Morgan fingerprint density at radius 1 is 1.33 bits per heavy atom. The van der Waals surface area contributed by atoms with Crippen LogP contribution in [0.25, 0.3) is 5.65 Å². The zero-order valence-corrected chi connectivity index (χ0v) is 15.7. The zero-order chi connectivity index (χ0) is 21.5. The highest BCUT2D eigenvalue weighted by Gasteiger charge is 2.38. The lowest BCUT2D eigenvalue weighted by Gasteiger charge is -2.26. The van der Waals surface area contributed by atoms with Crippen molar-refractivity contribution in [2.45, 2.75) is 24.8 Å². The normalized spacial score (nSPS) is 19.8. The fourth-order valence-corrected chi connectivity index (χ4v) is 3.30. The van der Waals surface area contributed by atoms with E-state index in [4.69, 9.17) is 0 Å². The van der Waals surface area contributed by atoms with Crippen LogP contribution in [0.4, 0.5) is 29.1 Å². The van der Waals surface area contributed by atoms with Gasteiger partial charge in [-0.05, 0) is 6.07 Å². The van der Waals surface area contributed by atoms with E-state index in [2.05, 4.69) is 31.1 Å². The first-order valence-electron chi connectivity index (χ1n) is 9.08. The zero-order valence-electron chi connectivity index (χ0n) is 15.7. The molecular formula is C17H18F4N8O. The van der Waals surface area contributed by atoms with Crippen molar-refractivity contribution < 1.29 is 22.4 Å². The average Bonchev–Trinajstić information content (AvgIpc) is 3.24. The van der Waals surface area contributed by atoms with Crippen LogP contribution in [0.1, 0.15) is 22.5 Å². The largest absolute Gasteiger partial charge is 0.437 e. The molecule has 2 atom stereocenters. The number of rotatable bonds is 4. The second-order valence-electron chi connectivity index (χ2n) is 6.99. The number of halogens is 4. The molecule has 1 aliphatic heterocycles. The average molecular weight is 426 g/mol. The molecule has 1 fully saturated rings. The molecule has 9 nitrogen and oxygen atoms in total. The molecule has 0 bridgehead atoms. The van der Waals surface area contributed by atoms with Gasteiger partial charge < -0.3 is 16.0 Å². The van der Waals surface area contributed by atoms with Crippen molar-refractivity contribution in [1.29, 1.82) is 0 Å². The van der Waals surface area contributed by atoms with Crippen molar-refractivity contribution in [3.8, 4) is 0 Å². The van der Waals surface area contributed by atoms with Crippen molar-refractivity contribution in [3.63, 3.8) is 0 Å². The highest BCUT2D eigenvalue weighted by molar-refractivity contribution is 6.08. The molecule has 4 rings (SSSR count). The van der Waals surface area contributed by atoms with E-state index in [1.165, 1.54) is 17.8 Å². The first-order chi connectivity index (χ1) is 14.2. The highest BCUT2D eigenvalue weighted by Crippen LogP contribution is 2.33. The van der Waals surface area contributed by atoms with Gasteiger partial charge in [-0.3, -0.25) is 9.48 Å². The van der Waals surface area contributed by atoms with Gasteiger partial charge in [0.1, 0.15) is 17.6 Å². The summed E-state index contributed by atoms with van der Waals surface area (Å²) in [6.45, 7) is 0.854. The molecule has 1 aliphatic rings. The van der Waals surface area contributed by atoms with E-state index < -0.39 is 29.6 Å². The number of aryl methyl sites for hydroxylation is 1. The molecule has 4 heterocycles. The molecule has 1 saturated heterocycles. The predicted molar refractivity (Wildman–Crippen MR) is 98.9 cm³/mol. The number of alkyl halides is 4. The van der Waals surface area contributed by atoms with Crippen LogP contribution >= 0.6 is 0 Å². The van der Waals surface area contributed by atoms with Crippen molar-refractivity contribution in [1.82, 2.24) is 29.7 Å². The summed E-state index contributed by atoms with van der Waals surface area (Å²) in [6.07, 6.45) is -1.55. The number of carbonyl (C=O) groups excluding carboxylic acids is 1. The van der Waals surface area contributed by atoms with Gasteiger partial charge in [0.15, 0.2) is 11.3 Å². The van der Waals surface area contributed by atoms with E-state index in [1.807, 2.05) is 0 Å². The Labute approximate surface area is 167 Å². The molecule has 0 saturated carbocycles. The molecular weight excluding hydrogens is 408 g/mol. The van der Waals surface area contributed by atoms with Gasteiger partial charge in [0, 0.05) is 45.0 Å². The van der Waals surface area contributed by atoms with Gasteiger partial charge in [0.2, 0.25) is 0 Å². The minimum absolute atomic E-state index is 0.0132. The fraction of sp³-hybridized carbons (Fsp3) is 0.412. The van der Waals surface area contributed by atoms with Crippen LogP contribution in [0, 0.1) is 0 Å². The van der Waals surface area contributed by atoms with Gasteiger partial charge in [0.05, 0.1) is 11.9 Å². The first kappa shape index (κ1) is 20.1. The Balaban J connectivity index is 1.58. The van der Waals surface area contributed by atoms with Crippen LogP contribution < -0.4 is 16.0 Å². The molecule has 3 aromatic heterocycles.